The summed E-state index contributed by atoms with van der Waals surface area (Å²) >= 11 is 1.24. The molecule has 1 aromatic heterocycles. The molecule has 138 valence electrons. The molecule has 2 aliphatic rings. The van der Waals surface area contributed by atoms with Crippen molar-refractivity contribution in [3.8, 4) is 0 Å². The number of nitrogens with one attached hydrogen (secondary N) is 1. The Bertz CT molecular complexity index is 919. The molecule has 1 aliphatic carbocycles. The number of carbonyl (C=O) groups excluding carboxylic acids is 2. The molecule has 1 atom stereocenters. The Hall–Kier alpha value is -2.67. The number of furan rings is 1. The molecule has 1 fully saturated rings. The normalized spacial score (nSPS) is 20.8. The van der Waals surface area contributed by atoms with Crippen molar-refractivity contribution in [1.29, 1.82) is 0 Å². The van der Waals surface area contributed by atoms with Crippen LogP contribution in [0.3, 0.4) is 0 Å². The highest BCUT2D eigenvalue weighted by Gasteiger charge is 2.33. The van der Waals surface area contributed by atoms with Crippen molar-refractivity contribution >= 4 is 34.8 Å². The predicted molar refractivity (Wildman–Crippen MR) is 105 cm³/mol. The zero-order valence-electron chi connectivity index (χ0n) is 14.7. The molecule has 1 aliphatic heterocycles. The molecule has 7 heteroatoms. The van der Waals surface area contributed by atoms with Crippen molar-refractivity contribution in [2.75, 3.05) is 0 Å². The van der Waals surface area contributed by atoms with Gasteiger partial charge in [-0.25, -0.2) is 0 Å². The van der Waals surface area contributed by atoms with Crippen LogP contribution in [0.15, 0.2) is 51.2 Å². The number of ketones is 1. The summed E-state index contributed by atoms with van der Waals surface area (Å²) in [5.74, 6) is 0.390. The average molecular weight is 381 g/mol. The zero-order valence-corrected chi connectivity index (χ0v) is 15.5. The lowest BCUT2D eigenvalue weighted by Gasteiger charge is -2.19. The number of Topliss-reactive ketones (excluding diaryl/α,β-unsaturated/α-hetero) is 1. The monoisotopic (exact) mass is 381 g/mol. The summed E-state index contributed by atoms with van der Waals surface area (Å²) in [4.78, 5) is 25.0. The minimum Gasteiger partial charge on any atom is -0.463 e. The van der Waals surface area contributed by atoms with E-state index in [1.165, 1.54) is 30.0 Å². The van der Waals surface area contributed by atoms with Crippen molar-refractivity contribution in [1.82, 2.24) is 5.32 Å². The number of amides is 1. The highest BCUT2D eigenvalue weighted by Crippen LogP contribution is 2.28. The van der Waals surface area contributed by atoms with Crippen LogP contribution in [0.25, 0.3) is 0 Å². The second kappa shape index (κ2) is 7.92. The van der Waals surface area contributed by atoms with E-state index in [2.05, 4.69) is 21.6 Å². The van der Waals surface area contributed by atoms with Crippen molar-refractivity contribution in [2.24, 2.45) is 10.2 Å². The van der Waals surface area contributed by atoms with Crippen LogP contribution in [0.1, 0.15) is 46.5 Å². The lowest BCUT2D eigenvalue weighted by Crippen LogP contribution is -2.26. The van der Waals surface area contributed by atoms with Crippen molar-refractivity contribution in [2.45, 2.75) is 37.4 Å². The molecule has 1 N–H and O–H groups in total. The van der Waals surface area contributed by atoms with Crippen molar-refractivity contribution in [3.05, 3.63) is 59.0 Å². The molecule has 4 rings (SSSR count). The maximum Gasteiger partial charge on any atom is 0.240 e. The van der Waals surface area contributed by atoms with Crippen LogP contribution >= 0.6 is 11.8 Å². The Kier molecular flexibility index (Phi) is 5.20. The van der Waals surface area contributed by atoms with Crippen LogP contribution in [0.2, 0.25) is 0 Å². The summed E-state index contributed by atoms with van der Waals surface area (Å²) in [7, 11) is 0. The minimum absolute atomic E-state index is 0.0155. The van der Waals surface area contributed by atoms with E-state index >= 15 is 0 Å². The van der Waals surface area contributed by atoms with Gasteiger partial charge in [0.1, 0.15) is 5.76 Å². The SMILES string of the molecule is O=C(CC1S/C(=N/N=Cc2ccco2)NC1=O)c1cccc2c1CCCC2. The molecule has 1 aromatic carbocycles. The van der Waals surface area contributed by atoms with Gasteiger partial charge in [-0.15, -0.1) is 5.10 Å². The van der Waals surface area contributed by atoms with Gasteiger partial charge in [0.05, 0.1) is 17.7 Å². The summed E-state index contributed by atoms with van der Waals surface area (Å²) in [6, 6.07) is 9.43. The van der Waals surface area contributed by atoms with Crippen LogP contribution in [0, 0.1) is 0 Å². The summed E-state index contributed by atoms with van der Waals surface area (Å²) in [5.41, 5.74) is 3.20. The highest BCUT2D eigenvalue weighted by atomic mass is 32.2. The van der Waals surface area contributed by atoms with E-state index in [1.54, 1.807) is 18.4 Å². The Labute approximate surface area is 161 Å². The van der Waals surface area contributed by atoms with E-state index in [4.69, 9.17) is 4.42 Å². The first-order valence-corrected chi connectivity index (χ1v) is 9.84. The second-order valence-corrected chi connectivity index (χ2v) is 7.73. The Morgan fingerprint density at radius 3 is 3.00 bits per heavy atom. The molecule has 1 amide bonds. The standard InChI is InChI=1S/C20H19N3O3S/c24-17(16-9-3-6-13-5-1-2-8-15(13)16)11-18-19(25)22-20(27-18)23-21-12-14-7-4-10-26-14/h3-4,6-7,9-10,12,18H,1-2,5,8,11H2,(H,22,23,25). The first-order valence-electron chi connectivity index (χ1n) is 8.97. The van der Waals surface area contributed by atoms with Crippen LogP contribution in [-0.4, -0.2) is 28.3 Å². The number of aryl methyl sites for hydroxylation is 1. The Balaban J connectivity index is 1.42. The fourth-order valence-electron chi connectivity index (χ4n) is 3.41. The van der Waals surface area contributed by atoms with Gasteiger partial charge in [0.15, 0.2) is 11.0 Å². The maximum atomic E-state index is 12.8. The van der Waals surface area contributed by atoms with Gasteiger partial charge in [0, 0.05) is 12.0 Å². The number of fused-ring (bicyclic) bond motifs is 1. The molecule has 0 bridgehead atoms. The number of amidine groups is 1. The van der Waals surface area contributed by atoms with Crippen molar-refractivity contribution in [3.63, 3.8) is 0 Å². The quantitative estimate of drug-likeness (QED) is 0.489. The maximum absolute atomic E-state index is 12.8. The number of thioether (sulfide) groups is 1. The summed E-state index contributed by atoms with van der Waals surface area (Å²) < 4.78 is 5.13. The predicted octanol–water partition coefficient (Wildman–Crippen LogP) is 3.35. The first-order chi connectivity index (χ1) is 13.2. The van der Waals surface area contributed by atoms with Crippen molar-refractivity contribution < 1.29 is 14.0 Å². The third-order valence-corrected chi connectivity index (χ3v) is 5.79. The number of hydrogen-bond acceptors (Lipinski definition) is 6. The highest BCUT2D eigenvalue weighted by molar-refractivity contribution is 8.15. The molecule has 0 spiro atoms. The second-order valence-electron chi connectivity index (χ2n) is 6.54. The largest absolute Gasteiger partial charge is 0.463 e. The number of nitrogens with zero attached hydrogens (tertiary/aromatic N) is 2. The fourth-order valence-corrected chi connectivity index (χ4v) is 4.33. The molecule has 1 saturated heterocycles. The lowest BCUT2D eigenvalue weighted by molar-refractivity contribution is -0.118. The van der Waals surface area contributed by atoms with Crippen LogP contribution < -0.4 is 5.32 Å². The van der Waals surface area contributed by atoms with Gasteiger partial charge in [0.25, 0.3) is 0 Å². The molecule has 0 radical (unpaired) electrons. The number of rotatable bonds is 5. The number of carbonyl (C=O) groups is 2. The van der Waals surface area contributed by atoms with Crippen LogP contribution in [0.4, 0.5) is 0 Å². The first kappa shape index (κ1) is 17.7. The van der Waals surface area contributed by atoms with Gasteiger partial charge in [0.2, 0.25) is 5.91 Å². The smallest absolute Gasteiger partial charge is 0.240 e. The molecule has 0 saturated carbocycles. The molecule has 1 unspecified atom stereocenters. The average Bonchev–Trinajstić information content (AvgIpc) is 3.31. The van der Waals surface area contributed by atoms with Gasteiger partial charge in [-0.1, -0.05) is 30.0 Å². The Morgan fingerprint density at radius 1 is 1.26 bits per heavy atom. The molecule has 2 heterocycles. The number of benzene rings is 1. The van der Waals surface area contributed by atoms with Gasteiger partial charge in [-0.2, -0.15) is 5.10 Å². The molecular weight excluding hydrogens is 362 g/mol. The molecule has 6 nitrogen and oxygen atoms in total. The van der Waals surface area contributed by atoms with E-state index in [0.29, 0.717) is 10.9 Å². The Morgan fingerprint density at radius 2 is 2.15 bits per heavy atom. The third kappa shape index (κ3) is 4.03. The third-order valence-electron chi connectivity index (χ3n) is 4.72. The fraction of sp³-hybridized carbons (Fsp3) is 0.300. The summed E-state index contributed by atoms with van der Waals surface area (Å²) in [6.07, 6.45) is 7.42. The van der Waals surface area contributed by atoms with E-state index in [-0.39, 0.29) is 18.1 Å². The van der Waals surface area contributed by atoms with E-state index in [9.17, 15) is 9.59 Å². The minimum atomic E-state index is -0.477. The summed E-state index contributed by atoms with van der Waals surface area (Å²) in [5, 5.41) is 10.5. The zero-order chi connectivity index (χ0) is 18.6. The van der Waals surface area contributed by atoms with Crippen LogP contribution in [0.5, 0.6) is 0 Å². The van der Waals surface area contributed by atoms with Gasteiger partial charge in [-0.3, -0.25) is 9.59 Å². The summed E-state index contributed by atoms with van der Waals surface area (Å²) in [6.45, 7) is 0. The molecule has 2 aromatic rings. The van der Waals surface area contributed by atoms with E-state index in [1.807, 2.05) is 12.1 Å². The van der Waals surface area contributed by atoms with Crippen LogP contribution in [-0.2, 0) is 17.6 Å². The van der Waals surface area contributed by atoms with Gasteiger partial charge < -0.3 is 9.73 Å². The molecule has 27 heavy (non-hydrogen) atoms. The topological polar surface area (TPSA) is 84.0 Å². The van der Waals surface area contributed by atoms with Gasteiger partial charge in [-0.05, 0) is 48.9 Å². The van der Waals surface area contributed by atoms with E-state index < -0.39 is 5.25 Å². The van der Waals surface area contributed by atoms with Gasteiger partial charge >= 0.3 is 0 Å². The van der Waals surface area contributed by atoms with E-state index in [0.717, 1.165) is 30.4 Å². The molecular formula is C20H19N3O3S. The number of hydrogen-bond donors (Lipinski definition) is 1. The lowest BCUT2D eigenvalue weighted by atomic mass is 9.86.